The van der Waals surface area contributed by atoms with Crippen molar-refractivity contribution in [1.82, 2.24) is 5.32 Å². The molecule has 23 heavy (non-hydrogen) atoms. The number of ether oxygens (including phenoxy) is 1. The molecule has 0 saturated heterocycles. The molecular formula is C19H15NO2S. The zero-order valence-corrected chi connectivity index (χ0v) is 13.2. The van der Waals surface area contributed by atoms with Crippen LogP contribution in [0, 0.1) is 11.8 Å². The summed E-state index contributed by atoms with van der Waals surface area (Å²) < 4.78 is 6.36. The van der Waals surface area contributed by atoms with E-state index in [1.165, 1.54) is 10.1 Å². The molecule has 0 bridgehead atoms. The van der Waals surface area contributed by atoms with Crippen LogP contribution in [0.2, 0.25) is 0 Å². The summed E-state index contributed by atoms with van der Waals surface area (Å²) in [6.45, 7) is 0.518. The van der Waals surface area contributed by atoms with Crippen LogP contribution >= 0.6 is 11.3 Å². The first-order chi connectivity index (χ1) is 11.3. The van der Waals surface area contributed by atoms with Gasteiger partial charge in [-0.05, 0) is 40.6 Å². The first-order valence-electron chi connectivity index (χ1n) is 7.22. The van der Waals surface area contributed by atoms with Gasteiger partial charge in [0, 0.05) is 10.3 Å². The Hall–Kier alpha value is -2.77. The van der Waals surface area contributed by atoms with Gasteiger partial charge >= 0.3 is 6.09 Å². The molecule has 0 radical (unpaired) electrons. The van der Waals surface area contributed by atoms with Crippen LogP contribution in [0.4, 0.5) is 4.79 Å². The van der Waals surface area contributed by atoms with E-state index in [9.17, 15) is 4.79 Å². The third-order valence-electron chi connectivity index (χ3n) is 3.22. The van der Waals surface area contributed by atoms with Crippen LogP contribution in [0.25, 0.3) is 10.1 Å². The predicted octanol–water partition coefficient (Wildman–Crippen LogP) is 4.18. The third kappa shape index (κ3) is 4.35. The van der Waals surface area contributed by atoms with Crippen molar-refractivity contribution >= 4 is 27.5 Å². The average Bonchev–Trinajstić information content (AvgIpc) is 3.05. The first kappa shape index (κ1) is 15.1. The number of carbonyl (C=O) groups is 1. The highest BCUT2D eigenvalue weighted by Gasteiger charge is 2.00. The maximum absolute atomic E-state index is 11.6. The van der Waals surface area contributed by atoms with Crippen LogP contribution in [0.15, 0.2) is 60.0 Å². The Bertz CT molecular complexity index is 859. The quantitative estimate of drug-likeness (QED) is 0.735. The summed E-state index contributed by atoms with van der Waals surface area (Å²) in [5, 5.41) is 5.88. The van der Waals surface area contributed by atoms with Gasteiger partial charge < -0.3 is 10.1 Å². The normalized spacial score (nSPS) is 9.91. The van der Waals surface area contributed by atoms with Gasteiger partial charge in [0.05, 0.1) is 6.54 Å². The number of fused-ring (bicyclic) bond motifs is 1. The van der Waals surface area contributed by atoms with Crippen molar-refractivity contribution < 1.29 is 9.53 Å². The largest absolute Gasteiger partial charge is 0.445 e. The van der Waals surface area contributed by atoms with Crippen LogP contribution in [0.3, 0.4) is 0 Å². The van der Waals surface area contributed by atoms with Gasteiger partial charge in [0.15, 0.2) is 0 Å². The Morgan fingerprint density at radius 3 is 2.87 bits per heavy atom. The van der Waals surface area contributed by atoms with Gasteiger partial charge in [-0.3, -0.25) is 0 Å². The number of hydrogen-bond acceptors (Lipinski definition) is 3. The zero-order chi connectivity index (χ0) is 15.9. The number of nitrogens with one attached hydrogen (secondary N) is 1. The van der Waals surface area contributed by atoms with Crippen LogP contribution in [-0.4, -0.2) is 12.6 Å². The van der Waals surface area contributed by atoms with Crippen molar-refractivity contribution in [3.05, 3.63) is 71.1 Å². The van der Waals surface area contributed by atoms with Crippen molar-refractivity contribution in [3.63, 3.8) is 0 Å². The molecule has 114 valence electrons. The molecule has 0 aliphatic heterocycles. The molecule has 3 aromatic rings. The molecule has 3 rings (SSSR count). The van der Waals surface area contributed by atoms with Crippen LogP contribution in [-0.2, 0) is 11.3 Å². The van der Waals surface area contributed by atoms with Crippen LogP contribution < -0.4 is 5.32 Å². The fourth-order valence-corrected chi connectivity index (χ4v) is 2.85. The standard InChI is InChI=1S/C19H15NO2S/c21-19(22-14-16-5-2-1-3-6-16)20-11-4-7-15-8-9-18-17(13-15)10-12-23-18/h1-3,5-6,8-10,12-13H,11,14H2,(H,20,21). The fourth-order valence-electron chi connectivity index (χ4n) is 2.08. The molecule has 0 unspecified atom stereocenters. The van der Waals surface area contributed by atoms with Gasteiger partial charge in [-0.25, -0.2) is 4.79 Å². The Morgan fingerprint density at radius 2 is 2.00 bits per heavy atom. The molecule has 1 amide bonds. The zero-order valence-electron chi connectivity index (χ0n) is 12.4. The topological polar surface area (TPSA) is 38.3 Å². The lowest BCUT2D eigenvalue weighted by Crippen LogP contribution is -2.24. The van der Waals surface area contributed by atoms with Gasteiger partial charge in [-0.1, -0.05) is 42.2 Å². The van der Waals surface area contributed by atoms with Crippen molar-refractivity contribution in [2.45, 2.75) is 6.61 Å². The van der Waals surface area contributed by atoms with Gasteiger partial charge in [-0.2, -0.15) is 0 Å². The van der Waals surface area contributed by atoms with Gasteiger partial charge in [0.25, 0.3) is 0 Å². The molecule has 4 heteroatoms. The molecule has 1 aromatic heterocycles. The number of amides is 1. The van der Waals surface area contributed by atoms with E-state index in [2.05, 4.69) is 34.7 Å². The maximum atomic E-state index is 11.6. The van der Waals surface area contributed by atoms with E-state index in [1.807, 2.05) is 42.5 Å². The molecule has 0 saturated carbocycles. The van der Waals surface area contributed by atoms with E-state index in [1.54, 1.807) is 11.3 Å². The highest BCUT2D eigenvalue weighted by Crippen LogP contribution is 2.21. The summed E-state index contributed by atoms with van der Waals surface area (Å²) in [6, 6.07) is 17.7. The number of thiophene rings is 1. The molecule has 1 heterocycles. The van der Waals surface area contributed by atoms with Gasteiger partial charge in [-0.15, -0.1) is 11.3 Å². The smallest absolute Gasteiger partial charge is 0.408 e. The van der Waals surface area contributed by atoms with Gasteiger partial charge in [0.2, 0.25) is 0 Å². The minimum atomic E-state index is -0.462. The molecule has 0 aliphatic carbocycles. The second-order valence-electron chi connectivity index (χ2n) is 4.89. The van der Waals surface area contributed by atoms with E-state index < -0.39 is 6.09 Å². The number of benzene rings is 2. The number of alkyl carbamates (subject to hydrolysis) is 1. The lowest BCUT2D eigenvalue weighted by atomic mass is 10.2. The van der Waals surface area contributed by atoms with Crippen molar-refractivity contribution in [1.29, 1.82) is 0 Å². The summed E-state index contributed by atoms with van der Waals surface area (Å²) in [7, 11) is 0. The summed E-state index contributed by atoms with van der Waals surface area (Å²) in [5.74, 6) is 5.97. The average molecular weight is 321 g/mol. The first-order valence-corrected chi connectivity index (χ1v) is 8.10. The van der Waals surface area contributed by atoms with Crippen molar-refractivity contribution in [2.24, 2.45) is 0 Å². The maximum Gasteiger partial charge on any atom is 0.408 e. The van der Waals surface area contributed by atoms with Crippen LogP contribution in [0.5, 0.6) is 0 Å². The van der Waals surface area contributed by atoms with E-state index in [-0.39, 0.29) is 13.2 Å². The van der Waals surface area contributed by atoms with E-state index in [0.717, 1.165) is 11.1 Å². The Morgan fingerprint density at radius 1 is 1.13 bits per heavy atom. The Kier molecular flexibility index (Phi) is 4.92. The lowest BCUT2D eigenvalue weighted by Gasteiger charge is -2.04. The molecule has 3 nitrogen and oxygen atoms in total. The van der Waals surface area contributed by atoms with Gasteiger partial charge in [0.1, 0.15) is 6.61 Å². The van der Waals surface area contributed by atoms with E-state index in [0.29, 0.717) is 0 Å². The SMILES string of the molecule is O=C(NCC#Cc1ccc2sccc2c1)OCc1ccccc1. The predicted molar refractivity (Wildman–Crippen MR) is 93.3 cm³/mol. The van der Waals surface area contributed by atoms with E-state index >= 15 is 0 Å². The third-order valence-corrected chi connectivity index (χ3v) is 4.12. The molecule has 2 aromatic carbocycles. The van der Waals surface area contributed by atoms with Crippen molar-refractivity contribution in [3.8, 4) is 11.8 Å². The number of rotatable bonds is 3. The summed E-state index contributed by atoms with van der Waals surface area (Å²) in [5.41, 5.74) is 1.90. The Labute approximate surface area is 138 Å². The highest BCUT2D eigenvalue weighted by molar-refractivity contribution is 7.17. The Balaban J connectivity index is 1.46. The summed E-state index contributed by atoms with van der Waals surface area (Å²) in [4.78, 5) is 11.6. The summed E-state index contributed by atoms with van der Waals surface area (Å²) >= 11 is 1.71. The van der Waals surface area contributed by atoms with Crippen molar-refractivity contribution in [2.75, 3.05) is 6.54 Å². The molecule has 0 fully saturated rings. The number of hydrogen-bond donors (Lipinski definition) is 1. The second-order valence-corrected chi connectivity index (χ2v) is 5.84. The molecule has 0 spiro atoms. The second kappa shape index (κ2) is 7.48. The minimum absolute atomic E-state index is 0.259. The number of carbonyl (C=O) groups excluding carboxylic acids is 1. The van der Waals surface area contributed by atoms with Crippen LogP contribution in [0.1, 0.15) is 11.1 Å². The fraction of sp³-hybridized carbons (Fsp3) is 0.105. The molecular weight excluding hydrogens is 306 g/mol. The molecule has 0 aliphatic rings. The lowest BCUT2D eigenvalue weighted by molar-refractivity contribution is 0.141. The monoisotopic (exact) mass is 321 g/mol. The molecule has 1 N–H and O–H groups in total. The summed E-state index contributed by atoms with van der Waals surface area (Å²) in [6.07, 6.45) is -0.462. The highest BCUT2D eigenvalue weighted by atomic mass is 32.1. The van der Waals surface area contributed by atoms with E-state index in [4.69, 9.17) is 4.74 Å². The minimum Gasteiger partial charge on any atom is -0.445 e. The molecule has 0 atom stereocenters.